The molecule has 0 fully saturated rings. The molecule has 1 atom stereocenters. The quantitative estimate of drug-likeness (QED) is 0.525. The van der Waals surface area contributed by atoms with Gasteiger partial charge in [0.15, 0.2) is 11.5 Å². The second-order valence-electron chi connectivity index (χ2n) is 6.71. The molecule has 0 aliphatic heterocycles. The average molecular weight is 399 g/mol. The number of methoxy groups -OCH3 is 1. The van der Waals surface area contributed by atoms with Gasteiger partial charge in [0.1, 0.15) is 17.7 Å². The molecule has 0 amide bonds. The third kappa shape index (κ3) is 5.32. The van der Waals surface area contributed by atoms with Crippen LogP contribution < -0.4 is 9.47 Å². The molecule has 6 heteroatoms. The number of benzene rings is 2. The first-order valence-corrected chi connectivity index (χ1v) is 10.0. The number of hydrogen-bond acceptors (Lipinski definition) is 6. The van der Waals surface area contributed by atoms with Gasteiger partial charge in [0.25, 0.3) is 0 Å². The molecule has 0 spiro atoms. The number of aromatic nitrogens is 1. The lowest BCUT2D eigenvalue weighted by atomic mass is 10.1. The van der Waals surface area contributed by atoms with E-state index in [1.165, 1.54) is 4.70 Å². The van der Waals surface area contributed by atoms with Gasteiger partial charge in [-0.15, -0.1) is 17.9 Å². The Bertz CT molecular complexity index is 892. The monoisotopic (exact) mass is 398 g/mol. The van der Waals surface area contributed by atoms with Gasteiger partial charge >= 0.3 is 0 Å². The molecule has 148 valence electrons. The summed E-state index contributed by atoms with van der Waals surface area (Å²) < 4.78 is 12.4. The second kappa shape index (κ2) is 9.68. The summed E-state index contributed by atoms with van der Waals surface area (Å²) in [6.07, 6.45) is 2.01. The highest BCUT2D eigenvalue weighted by atomic mass is 32.1. The van der Waals surface area contributed by atoms with Crippen molar-refractivity contribution in [2.75, 3.05) is 27.3 Å². The number of nitrogens with zero attached hydrogens (tertiary/aromatic N) is 2. The van der Waals surface area contributed by atoms with Crippen LogP contribution in [0.3, 0.4) is 0 Å². The minimum absolute atomic E-state index is 0.196. The molecule has 2 aromatic carbocycles. The molecule has 0 radical (unpaired) electrons. The van der Waals surface area contributed by atoms with Crippen molar-refractivity contribution in [1.29, 1.82) is 0 Å². The van der Waals surface area contributed by atoms with E-state index in [1.807, 2.05) is 49.5 Å². The standard InChI is InChI=1S/C22H26N2O3S/c1-4-7-16-10-11-19(20(12-16)26-3)27-15-17(25)13-24(2)14-22-23-18-8-5-6-9-21(18)28-22/h4-6,8-12,17,25H,1,7,13-15H2,2-3H3. The summed E-state index contributed by atoms with van der Waals surface area (Å²) in [5.74, 6) is 1.29. The fraction of sp³-hybridized carbons (Fsp3) is 0.318. The van der Waals surface area contributed by atoms with Crippen LogP contribution in [0.2, 0.25) is 0 Å². The highest BCUT2D eigenvalue weighted by Crippen LogP contribution is 2.28. The third-order valence-corrected chi connectivity index (χ3v) is 5.33. The Morgan fingerprint density at radius 3 is 2.82 bits per heavy atom. The largest absolute Gasteiger partial charge is 0.493 e. The number of aliphatic hydroxyl groups excluding tert-OH is 1. The first-order valence-electron chi connectivity index (χ1n) is 9.20. The minimum Gasteiger partial charge on any atom is -0.493 e. The van der Waals surface area contributed by atoms with Crippen LogP contribution in [0.4, 0.5) is 0 Å². The normalized spacial score (nSPS) is 12.3. The Balaban J connectivity index is 1.52. The van der Waals surface area contributed by atoms with E-state index >= 15 is 0 Å². The Morgan fingerprint density at radius 1 is 1.25 bits per heavy atom. The Hall–Kier alpha value is -2.41. The number of para-hydroxylation sites is 1. The van der Waals surface area contributed by atoms with Crippen LogP contribution in [-0.4, -0.2) is 48.4 Å². The van der Waals surface area contributed by atoms with Gasteiger partial charge in [0, 0.05) is 6.54 Å². The molecule has 1 aromatic heterocycles. The van der Waals surface area contributed by atoms with Crippen molar-refractivity contribution in [3.63, 3.8) is 0 Å². The van der Waals surface area contributed by atoms with Crippen molar-refractivity contribution in [2.24, 2.45) is 0 Å². The summed E-state index contributed by atoms with van der Waals surface area (Å²) in [6.45, 7) is 5.13. The molecule has 3 rings (SSSR count). The van der Waals surface area contributed by atoms with Gasteiger partial charge in [0.05, 0.1) is 23.9 Å². The van der Waals surface area contributed by atoms with Crippen molar-refractivity contribution in [3.05, 3.63) is 65.7 Å². The molecule has 5 nitrogen and oxygen atoms in total. The Morgan fingerprint density at radius 2 is 2.07 bits per heavy atom. The highest BCUT2D eigenvalue weighted by Gasteiger charge is 2.13. The molecule has 0 saturated heterocycles. The average Bonchev–Trinajstić information content (AvgIpc) is 3.09. The van der Waals surface area contributed by atoms with Gasteiger partial charge in [-0.2, -0.15) is 0 Å². The first-order chi connectivity index (χ1) is 13.6. The van der Waals surface area contributed by atoms with E-state index in [-0.39, 0.29) is 6.61 Å². The fourth-order valence-electron chi connectivity index (χ4n) is 3.01. The molecular formula is C22H26N2O3S. The van der Waals surface area contributed by atoms with E-state index in [9.17, 15) is 5.11 Å². The van der Waals surface area contributed by atoms with Crippen LogP contribution in [0.1, 0.15) is 10.6 Å². The lowest BCUT2D eigenvalue weighted by molar-refractivity contribution is 0.0733. The highest BCUT2D eigenvalue weighted by molar-refractivity contribution is 7.18. The summed E-state index contributed by atoms with van der Waals surface area (Å²) in [4.78, 5) is 6.69. The van der Waals surface area contributed by atoms with Gasteiger partial charge < -0.3 is 14.6 Å². The van der Waals surface area contributed by atoms with Crippen molar-refractivity contribution in [2.45, 2.75) is 19.1 Å². The third-order valence-electron chi connectivity index (χ3n) is 4.31. The predicted octanol–water partition coefficient (Wildman–Crippen LogP) is 3.91. The van der Waals surface area contributed by atoms with Crippen molar-refractivity contribution in [1.82, 2.24) is 9.88 Å². The maximum Gasteiger partial charge on any atom is 0.161 e. The zero-order valence-electron chi connectivity index (χ0n) is 16.3. The predicted molar refractivity (Wildman–Crippen MR) is 114 cm³/mol. The van der Waals surface area contributed by atoms with Crippen LogP contribution in [0.5, 0.6) is 11.5 Å². The van der Waals surface area contributed by atoms with Crippen molar-refractivity contribution < 1.29 is 14.6 Å². The smallest absolute Gasteiger partial charge is 0.161 e. The van der Waals surface area contributed by atoms with Gasteiger partial charge in [-0.25, -0.2) is 4.98 Å². The molecule has 1 unspecified atom stereocenters. The van der Waals surface area contributed by atoms with E-state index in [2.05, 4.69) is 22.5 Å². The molecule has 0 aliphatic rings. The maximum absolute atomic E-state index is 10.4. The molecule has 1 heterocycles. The van der Waals surface area contributed by atoms with Crippen LogP contribution in [-0.2, 0) is 13.0 Å². The summed E-state index contributed by atoms with van der Waals surface area (Å²) in [5, 5.41) is 11.4. The molecule has 3 aromatic rings. The molecule has 28 heavy (non-hydrogen) atoms. The summed E-state index contributed by atoms with van der Waals surface area (Å²) >= 11 is 1.68. The van der Waals surface area contributed by atoms with Crippen molar-refractivity contribution in [3.8, 4) is 11.5 Å². The maximum atomic E-state index is 10.4. The van der Waals surface area contributed by atoms with E-state index in [0.29, 0.717) is 24.6 Å². The topological polar surface area (TPSA) is 54.8 Å². The number of hydrogen-bond donors (Lipinski definition) is 1. The number of rotatable bonds is 10. The minimum atomic E-state index is -0.614. The number of ether oxygens (including phenoxy) is 2. The van der Waals surface area contributed by atoms with Crippen molar-refractivity contribution >= 4 is 21.6 Å². The summed E-state index contributed by atoms with van der Waals surface area (Å²) in [6, 6.07) is 13.9. The fourth-order valence-corrected chi connectivity index (χ4v) is 4.05. The number of aliphatic hydroxyl groups is 1. The van der Waals surface area contributed by atoms with Crippen LogP contribution in [0.15, 0.2) is 55.1 Å². The molecular weight excluding hydrogens is 372 g/mol. The number of thiazole rings is 1. The Kier molecular flexibility index (Phi) is 7.03. The summed E-state index contributed by atoms with van der Waals surface area (Å²) in [5.41, 5.74) is 2.13. The molecule has 1 N–H and O–H groups in total. The lowest BCUT2D eigenvalue weighted by Gasteiger charge is -2.20. The van der Waals surface area contributed by atoms with Crippen LogP contribution in [0, 0.1) is 0 Å². The lowest BCUT2D eigenvalue weighted by Crippen LogP contribution is -2.32. The first kappa shape index (κ1) is 20.3. The number of likely N-dealkylation sites (N-methyl/N-ethyl adjacent to an activating group) is 1. The van der Waals surface area contributed by atoms with Crippen LogP contribution >= 0.6 is 11.3 Å². The van der Waals surface area contributed by atoms with E-state index < -0.39 is 6.10 Å². The van der Waals surface area contributed by atoms with Gasteiger partial charge in [-0.3, -0.25) is 4.90 Å². The van der Waals surface area contributed by atoms with E-state index in [0.717, 1.165) is 22.5 Å². The zero-order chi connectivity index (χ0) is 19.9. The van der Waals surface area contributed by atoms with Crippen LogP contribution in [0.25, 0.3) is 10.2 Å². The van der Waals surface area contributed by atoms with Gasteiger partial charge in [0.2, 0.25) is 0 Å². The molecule has 0 aliphatic carbocycles. The SMILES string of the molecule is C=CCc1ccc(OCC(O)CN(C)Cc2nc3ccccc3s2)c(OC)c1. The second-order valence-corrected chi connectivity index (χ2v) is 7.83. The number of allylic oxidation sites excluding steroid dienone is 1. The van der Waals surface area contributed by atoms with Gasteiger partial charge in [-0.1, -0.05) is 24.3 Å². The Labute approximate surface area is 169 Å². The van der Waals surface area contributed by atoms with Gasteiger partial charge in [-0.05, 0) is 43.3 Å². The number of fused-ring (bicyclic) bond motifs is 1. The van der Waals surface area contributed by atoms with E-state index in [1.54, 1.807) is 18.4 Å². The van der Waals surface area contributed by atoms with E-state index in [4.69, 9.17) is 9.47 Å². The molecule has 0 saturated carbocycles. The molecule has 0 bridgehead atoms. The zero-order valence-corrected chi connectivity index (χ0v) is 17.1. The summed E-state index contributed by atoms with van der Waals surface area (Å²) in [7, 11) is 3.59.